The van der Waals surface area contributed by atoms with Crippen molar-refractivity contribution in [3.8, 4) is 0 Å². The second-order valence-corrected chi connectivity index (χ2v) is 6.67. The van der Waals surface area contributed by atoms with E-state index in [1.54, 1.807) is 6.07 Å². The van der Waals surface area contributed by atoms with E-state index in [0.29, 0.717) is 23.3 Å². The van der Waals surface area contributed by atoms with Gasteiger partial charge in [-0.3, -0.25) is 10.1 Å². The van der Waals surface area contributed by atoms with Crippen LogP contribution >= 0.6 is 0 Å². The molecular formula is C23H21N3O. The van der Waals surface area contributed by atoms with Crippen molar-refractivity contribution in [3.63, 3.8) is 0 Å². The average molecular weight is 355 g/mol. The van der Waals surface area contributed by atoms with Crippen molar-refractivity contribution in [1.29, 1.82) is 0 Å². The fraction of sp³-hybridized carbons (Fsp3) is 0.130. The van der Waals surface area contributed by atoms with Crippen LogP contribution in [0.25, 0.3) is 10.9 Å². The third-order valence-electron chi connectivity index (χ3n) is 4.68. The maximum absolute atomic E-state index is 12.3. The van der Waals surface area contributed by atoms with Crippen molar-refractivity contribution in [2.45, 2.75) is 19.5 Å². The summed E-state index contributed by atoms with van der Waals surface area (Å²) in [6.07, 6.45) is 0. The number of benzene rings is 3. The highest BCUT2D eigenvalue weighted by molar-refractivity contribution is 5.77. The second kappa shape index (κ2) is 7.56. The van der Waals surface area contributed by atoms with E-state index in [1.807, 2.05) is 36.4 Å². The molecule has 134 valence electrons. The first-order valence-electron chi connectivity index (χ1n) is 9.03. The molecule has 0 radical (unpaired) electrons. The van der Waals surface area contributed by atoms with Crippen molar-refractivity contribution in [3.05, 3.63) is 112 Å². The summed E-state index contributed by atoms with van der Waals surface area (Å²) in [5.41, 5.74) is 4.18. The van der Waals surface area contributed by atoms with Gasteiger partial charge in [-0.1, -0.05) is 72.3 Å². The number of hydrogen-bond donors (Lipinski definition) is 2. The number of hydrogen-bond acceptors (Lipinski definition) is 3. The van der Waals surface area contributed by atoms with E-state index in [2.05, 4.69) is 58.6 Å². The number of nitrogens with one attached hydrogen (secondary N) is 2. The third kappa shape index (κ3) is 3.81. The molecule has 0 amide bonds. The quantitative estimate of drug-likeness (QED) is 0.566. The summed E-state index contributed by atoms with van der Waals surface area (Å²) < 4.78 is 0. The lowest BCUT2D eigenvalue weighted by molar-refractivity contribution is 0.587. The lowest BCUT2D eigenvalue weighted by Gasteiger charge is -2.20. The Hall–Kier alpha value is -3.24. The first-order valence-corrected chi connectivity index (χ1v) is 9.03. The van der Waals surface area contributed by atoms with Gasteiger partial charge in [0.2, 0.25) is 0 Å². The molecule has 1 aromatic heterocycles. The van der Waals surface area contributed by atoms with Gasteiger partial charge in [0.05, 0.1) is 23.5 Å². The predicted octanol–water partition coefficient (Wildman–Crippen LogP) is 4.11. The van der Waals surface area contributed by atoms with Crippen LogP contribution in [0.2, 0.25) is 0 Å². The maximum atomic E-state index is 12.3. The largest absolute Gasteiger partial charge is 0.309 e. The molecule has 0 bridgehead atoms. The highest BCUT2D eigenvalue weighted by Crippen LogP contribution is 2.22. The van der Waals surface area contributed by atoms with Gasteiger partial charge in [-0.2, -0.15) is 0 Å². The molecule has 1 heterocycles. The molecule has 4 nitrogen and oxygen atoms in total. The standard InChI is InChI=1S/C23H21N3O/c1-16-11-13-18(14-12-16)22(17-7-3-2-4-8-17)24-15-21-25-20-10-6-5-9-19(20)23(27)26-21/h2-14,22,24H,15H2,1H3,(H,25,26,27)/t22-/m1/s1. The normalized spacial score (nSPS) is 12.2. The Kier molecular flexibility index (Phi) is 4.81. The van der Waals surface area contributed by atoms with Crippen molar-refractivity contribution >= 4 is 10.9 Å². The Morgan fingerprint density at radius 3 is 2.33 bits per heavy atom. The fourth-order valence-corrected chi connectivity index (χ4v) is 3.25. The van der Waals surface area contributed by atoms with E-state index in [9.17, 15) is 4.79 Å². The topological polar surface area (TPSA) is 57.8 Å². The summed E-state index contributed by atoms with van der Waals surface area (Å²) in [7, 11) is 0. The molecule has 0 saturated heterocycles. The van der Waals surface area contributed by atoms with Gasteiger partial charge in [0.25, 0.3) is 5.56 Å². The van der Waals surface area contributed by atoms with Crippen molar-refractivity contribution in [1.82, 2.24) is 15.3 Å². The zero-order chi connectivity index (χ0) is 18.6. The number of nitrogens with zero attached hydrogens (tertiary/aromatic N) is 1. The zero-order valence-corrected chi connectivity index (χ0v) is 15.1. The molecule has 1 atom stereocenters. The monoisotopic (exact) mass is 355 g/mol. The Bertz CT molecular complexity index is 1100. The molecule has 0 saturated carbocycles. The molecule has 0 spiro atoms. The third-order valence-corrected chi connectivity index (χ3v) is 4.68. The molecule has 2 N–H and O–H groups in total. The van der Waals surface area contributed by atoms with Crippen LogP contribution in [-0.2, 0) is 6.54 Å². The van der Waals surface area contributed by atoms with E-state index >= 15 is 0 Å². The van der Waals surface area contributed by atoms with Gasteiger partial charge in [-0.25, -0.2) is 4.98 Å². The first kappa shape index (κ1) is 17.2. The van der Waals surface area contributed by atoms with E-state index < -0.39 is 0 Å². The van der Waals surface area contributed by atoms with Gasteiger partial charge >= 0.3 is 0 Å². The lowest BCUT2D eigenvalue weighted by Crippen LogP contribution is -2.25. The molecule has 0 aliphatic carbocycles. The van der Waals surface area contributed by atoms with Crippen molar-refractivity contribution < 1.29 is 0 Å². The van der Waals surface area contributed by atoms with Crippen LogP contribution in [-0.4, -0.2) is 9.97 Å². The summed E-state index contributed by atoms with van der Waals surface area (Å²) in [6.45, 7) is 2.55. The minimum atomic E-state index is -0.107. The molecule has 4 aromatic rings. The fourth-order valence-electron chi connectivity index (χ4n) is 3.25. The smallest absolute Gasteiger partial charge is 0.258 e. The van der Waals surface area contributed by atoms with E-state index in [-0.39, 0.29) is 11.6 Å². The Morgan fingerprint density at radius 2 is 1.56 bits per heavy atom. The zero-order valence-electron chi connectivity index (χ0n) is 15.1. The molecule has 0 fully saturated rings. The van der Waals surface area contributed by atoms with Crippen LogP contribution in [0, 0.1) is 6.92 Å². The number of para-hydroxylation sites is 1. The van der Waals surface area contributed by atoms with Gasteiger partial charge < -0.3 is 4.98 Å². The molecule has 27 heavy (non-hydrogen) atoms. The number of H-pyrrole nitrogens is 1. The van der Waals surface area contributed by atoms with Crippen LogP contribution in [0.5, 0.6) is 0 Å². The Morgan fingerprint density at radius 1 is 0.889 bits per heavy atom. The van der Waals surface area contributed by atoms with Crippen LogP contribution in [0.3, 0.4) is 0 Å². The number of fused-ring (bicyclic) bond motifs is 1. The summed E-state index contributed by atoms with van der Waals surface area (Å²) >= 11 is 0. The van der Waals surface area contributed by atoms with Crippen LogP contribution in [0.15, 0.2) is 83.7 Å². The minimum absolute atomic E-state index is 0.0172. The highest BCUT2D eigenvalue weighted by atomic mass is 16.1. The van der Waals surface area contributed by atoms with Crippen LogP contribution in [0.4, 0.5) is 0 Å². The predicted molar refractivity (Wildman–Crippen MR) is 109 cm³/mol. The number of aromatic nitrogens is 2. The Labute approximate surface area is 157 Å². The maximum Gasteiger partial charge on any atom is 0.258 e. The highest BCUT2D eigenvalue weighted by Gasteiger charge is 2.14. The summed E-state index contributed by atoms with van der Waals surface area (Å²) in [5.74, 6) is 0.631. The average Bonchev–Trinajstić information content (AvgIpc) is 2.70. The molecule has 0 aliphatic heterocycles. The lowest BCUT2D eigenvalue weighted by atomic mass is 9.98. The number of aryl methyl sites for hydroxylation is 1. The minimum Gasteiger partial charge on any atom is -0.309 e. The van der Waals surface area contributed by atoms with Gasteiger partial charge in [0.1, 0.15) is 5.82 Å². The van der Waals surface area contributed by atoms with Gasteiger partial charge in [0, 0.05) is 0 Å². The summed E-state index contributed by atoms with van der Waals surface area (Å²) in [4.78, 5) is 19.8. The molecule has 3 aromatic carbocycles. The number of rotatable bonds is 5. The summed E-state index contributed by atoms with van der Waals surface area (Å²) in [5, 5.41) is 4.16. The molecule has 0 aliphatic rings. The van der Waals surface area contributed by atoms with E-state index in [4.69, 9.17) is 0 Å². The van der Waals surface area contributed by atoms with Crippen LogP contribution < -0.4 is 10.9 Å². The second-order valence-electron chi connectivity index (χ2n) is 6.67. The van der Waals surface area contributed by atoms with Crippen molar-refractivity contribution in [2.24, 2.45) is 0 Å². The van der Waals surface area contributed by atoms with Gasteiger partial charge in [-0.15, -0.1) is 0 Å². The van der Waals surface area contributed by atoms with Crippen molar-refractivity contribution in [2.75, 3.05) is 0 Å². The van der Waals surface area contributed by atoms with Crippen LogP contribution in [0.1, 0.15) is 28.6 Å². The SMILES string of the molecule is Cc1ccc([C@H](NCc2nc3ccccc3c(=O)[nH]2)c2ccccc2)cc1. The Balaban J connectivity index is 1.64. The molecule has 4 heteroatoms. The first-order chi connectivity index (χ1) is 13.2. The number of aromatic amines is 1. The summed E-state index contributed by atoms with van der Waals surface area (Å²) in [6, 6.07) is 26.2. The molecular weight excluding hydrogens is 334 g/mol. The molecule has 4 rings (SSSR count). The van der Waals surface area contributed by atoms with Gasteiger partial charge in [-0.05, 0) is 30.2 Å². The van der Waals surface area contributed by atoms with Gasteiger partial charge in [0.15, 0.2) is 0 Å². The van der Waals surface area contributed by atoms with E-state index in [0.717, 1.165) is 0 Å². The van der Waals surface area contributed by atoms with E-state index in [1.165, 1.54) is 16.7 Å². The molecule has 0 unspecified atom stereocenters.